The number of benzene rings is 1. The minimum absolute atomic E-state index is 0.0919. The van der Waals surface area contributed by atoms with Gasteiger partial charge in [-0.2, -0.15) is 4.31 Å². The van der Waals surface area contributed by atoms with Crippen LogP contribution in [-0.4, -0.2) is 56.2 Å². The van der Waals surface area contributed by atoms with Crippen molar-refractivity contribution in [1.82, 2.24) is 9.62 Å². The number of hydrogen-bond acceptors (Lipinski definition) is 4. The summed E-state index contributed by atoms with van der Waals surface area (Å²) < 4.78 is 31.9. The molecule has 24 heavy (non-hydrogen) atoms. The summed E-state index contributed by atoms with van der Waals surface area (Å²) in [5, 5.41) is 2.71. The average molecular weight is 354 g/mol. The van der Waals surface area contributed by atoms with Gasteiger partial charge in [0.1, 0.15) is 0 Å². The lowest BCUT2D eigenvalue weighted by Gasteiger charge is -2.34. The second kappa shape index (κ2) is 7.63. The number of nitrogens with one attached hydrogen (secondary N) is 1. The summed E-state index contributed by atoms with van der Waals surface area (Å²) in [6.45, 7) is 8.36. The summed E-state index contributed by atoms with van der Waals surface area (Å²) in [4.78, 5) is 12.2. The number of carbonyl (C=O) groups excluding carboxylic acids is 1. The van der Waals surface area contributed by atoms with E-state index in [9.17, 15) is 13.2 Å². The zero-order chi connectivity index (χ0) is 17.9. The molecule has 1 N–H and O–H groups in total. The molecule has 6 nitrogen and oxygen atoms in total. The normalized spacial score (nSPS) is 22.3. The highest BCUT2D eigenvalue weighted by Crippen LogP contribution is 2.15. The van der Waals surface area contributed by atoms with Crippen molar-refractivity contribution in [1.29, 1.82) is 0 Å². The number of sulfonamides is 1. The molecule has 1 aliphatic rings. The third-order valence-corrected chi connectivity index (χ3v) is 6.08. The Morgan fingerprint density at radius 3 is 2.50 bits per heavy atom. The van der Waals surface area contributed by atoms with Gasteiger partial charge in [-0.15, -0.1) is 0 Å². The van der Waals surface area contributed by atoms with Crippen molar-refractivity contribution < 1.29 is 17.9 Å². The Hall–Kier alpha value is -1.44. The Bertz CT molecular complexity index is 693. The first-order valence-corrected chi connectivity index (χ1v) is 9.79. The third-order valence-electron chi connectivity index (χ3n) is 4.27. The first-order valence-electron chi connectivity index (χ1n) is 8.18. The Labute approximate surface area is 144 Å². The standard InChI is InChI=1S/C17H26N2O4S/c1-12-6-5-7-16(15(12)4)17(20)18-8-9-24(21,22)19-10-13(2)23-14(3)11-19/h5-7,13-14H,8-11H2,1-4H3,(H,18,20). The number of aryl methyl sites for hydroxylation is 1. The molecule has 2 atom stereocenters. The molecule has 1 aliphatic heterocycles. The maximum atomic E-state index is 12.4. The molecule has 1 aromatic rings. The summed E-state index contributed by atoms with van der Waals surface area (Å²) in [6, 6.07) is 5.51. The number of carbonyl (C=O) groups is 1. The zero-order valence-corrected chi connectivity index (χ0v) is 15.5. The number of rotatable bonds is 5. The third kappa shape index (κ3) is 4.55. The van der Waals surface area contributed by atoms with Gasteiger partial charge in [0.2, 0.25) is 10.0 Å². The van der Waals surface area contributed by atoms with Crippen molar-refractivity contribution in [2.24, 2.45) is 0 Å². The molecule has 1 fully saturated rings. The summed E-state index contributed by atoms with van der Waals surface area (Å²) in [5.74, 6) is -0.349. The quantitative estimate of drug-likeness (QED) is 0.869. The van der Waals surface area contributed by atoms with Crippen molar-refractivity contribution in [2.75, 3.05) is 25.4 Å². The second-order valence-corrected chi connectivity index (χ2v) is 8.48. The van der Waals surface area contributed by atoms with Crippen LogP contribution in [-0.2, 0) is 14.8 Å². The lowest BCUT2D eigenvalue weighted by Crippen LogP contribution is -2.49. The number of morpholine rings is 1. The fourth-order valence-electron chi connectivity index (χ4n) is 2.87. The predicted molar refractivity (Wildman–Crippen MR) is 93.6 cm³/mol. The number of amides is 1. The van der Waals surface area contributed by atoms with Crippen molar-refractivity contribution in [2.45, 2.75) is 39.9 Å². The van der Waals surface area contributed by atoms with Gasteiger partial charge in [-0.25, -0.2) is 8.42 Å². The summed E-state index contributed by atoms with van der Waals surface area (Å²) in [5.41, 5.74) is 2.53. The first-order chi connectivity index (χ1) is 11.2. The van der Waals surface area contributed by atoms with E-state index in [1.54, 1.807) is 6.07 Å². The van der Waals surface area contributed by atoms with Gasteiger partial charge in [-0.3, -0.25) is 4.79 Å². The predicted octanol–water partition coefficient (Wildman–Crippen LogP) is 1.47. The number of hydrogen-bond donors (Lipinski definition) is 1. The van der Waals surface area contributed by atoms with E-state index in [0.29, 0.717) is 18.7 Å². The molecule has 0 radical (unpaired) electrons. The van der Waals surface area contributed by atoms with E-state index in [-0.39, 0.29) is 30.4 Å². The fourth-order valence-corrected chi connectivity index (χ4v) is 4.37. The van der Waals surface area contributed by atoms with Crippen LogP contribution in [0.2, 0.25) is 0 Å². The van der Waals surface area contributed by atoms with Gasteiger partial charge >= 0.3 is 0 Å². The molecule has 0 aromatic heterocycles. The largest absolute Gasteiger partial charge is 0.373 e. The van der Waals surface area contributed by atoms with Crippen LogP contribution < -0.4 is 5.32 Å². The van der Waals surface area contributed by atoms with Crippen LogP contribution in [0.5, 0.6) is 0 Å². The van der Waals surface area contributed by atoms with Crippen LogP contribution in [0.25, 0.3) is 0 Å². The summed E-state index contributed by atoms with van der Waals surface area (Å²) >= 11 is 0. The van der Waals surface area contributed by atoms with Gasteiger partial charge in [-0.05, 0) is 44.9 Å². The van der Waals surface area contributed by atoms with E-state index in [1.807, 2.05) is 39.8 Å². The molecule has 2 rings (SSSR count). The highest BCUT2D eigenvalue weighted by molar-refractivity contribution is 7.89. The minimum Gasteiger partial charge on any atom is -0.373 e. The van der Waals surface area contributed by atoms with E-state index in [2.05, 4.69) is 5.32 Å². The zero-order valence-electron chi connectivity index (χ0n) is 14.7. The van der Waals surface area contributed by atoms with E-state index >= 15 is 0 Å². The average Bonchev–Trinajstić information content (AvgIpc) is 2.48. The van der Waals surface area contributed by atoms with E-state index < -0.39 is 10.0 Å². The molecule has 0 bridgehead atoms. The van der Waals surface area contributed by atoms with Crippen LogP contribution in [0.4, 0.5) is 0 Å². The van der Waals surface area contributed by atoms with Gasteiger partial charge in [0.05, 0.1) is 18.0 Å². The molecule has 1 amide bonds. The molecule has 134 valence electrons. The Kier molecular flexibility index (Phi) is 6.01. The maximum Gasteiger partial charge on any atom is 0.251 e. The highest BCUT2D eigenvalue weighted by Gasteiger charge is 2.30. The molecular weight excluding hydrogens is 328 g/mol. The molecule has 1 saturated heterocycles. The molecule has 2 unspecified atom stereocenters. The van der Waals surface area contributed by atoms with Crippen LogP contribution in [0.1, 0.15) is 35.3 Å². The van der Waals surface area contributed by atoms with Gasteiger partial charge in [-0.1, -0.05) is 12.1 Å². The van der Waals surface area contributed by atoms with E-state index in [4.69, 9.17) is 4.74 Å². The van der Waals surface area contributed by atoms with Gasteiger partial charge in [0.15, 0.2) is 0 Å². The van der Waals surface area contributed by atoms with Crippen LogP contribution in [0, 0.1) is 13.8 Å². The molecule has 0 aliphatic carbocycles. The van der Waals surface area contributed by atoms with Gasteiger partial charge in [0, 0.05) is 25.2 Å². The van der Waals surface area contributed by atoms with Crippen molar-refractivity contribution in [3.63, 3.8) is 0 Å². The Balaban J connectivity index is 1.93. The molecule has 7 heteroatoms. The lowest BCUT2D eigenvalue weighted by atomic mass is 10.0. The summed E-state index contributed by atoms with van der Waals surface area (Å²) in [7, 11) is -3.41. The SMILES string of the molecule is Cc1cccc(C(=O)NCCS(=O)(=O)N2CC(C)OC(C)C2)c1C. The van der Waals surface area contributed by atoms with Gasteiger partial charge < -0.3 is 10.1 Å². The highest BCUT2D eigenvalue weighted by atomic mass is 32.2. The first kappa shape index (κ1) is 18.9. The minimum atomic E-state index is -3.41. The Morgan fingerprint density at radius 2 is 1.88 bits per heavy atom. The van der Waals surface area contributed by atoms with E-state index in [1.165, 1.54) is 4.31 Å². The van der Waals surface area contributed by atoms with Crippen molar-refractivity contribution in [3.8, 4) is 0 Å². The summed E-state index contributed by atoms with van der Waals surface area (Å²) in [6.07, 6.45) is -0.235. The second-order valence-electron chi connectivity index (χ2n) is 6.39. The fraction of sp³-hybridized carbons (Fsp3) is 0.588. The molecule has 0 spiro atoms. The van der Waals surface area contributed by atoms with Crippen LogP contribution in [0.15, 0.2) is 18.2 Å². The maximum absolute atomic E-state index is 12.4. The van der Waals surface area contributed by atoms with Crippen molar-refractivity contribution in [3.05, 3.63) is 34.9 Å². The van der Waals surface area contributed by atoms with Crippen LogP contribution in [0.3, 0.4) is 0 Å². The van der Waals surface area contributed by atoms with Crippen molar-refractivity contribution >= 4 is 15.9 Å². The topological polar surface area (TPSA) is 75.7 Å². The lowest BCUT2D eigenvalue weighted by molar-refractivity contribution is -0.0440. The molecular formula is C17H26N2O4S. The van der Waals surface area contributed by atoms with E-state index in [0.717, 1.165) is 11.1 Å². The smallest absolute Gasteiger partial charge is 0.251 e. The molecule has 1 aromatic carbocycles. The number of ether oxygens (including phenoxy) is 1. The van der Waals surface area contributed by atoms with Crippen LogP contribution >= 0.6 is 0 Å². The monoisotopic (exact) mass is 354 g/mol. The van der Waals surface area contributed by atoms with Gasteiger partial charge in [0.25, 0.3) is 5.91 Å². The Morgan fingerprint density at radius 1 is 1.25 bits per heavy atom. The molecule has 0 saturated carbocycles. The number of nitrogens with zero attached hydrogens (tertiary/aromatic N) is 1. The molecule has 1 heterocycles.